The summed E-state index contributed by atoms with van der Waals surface area (Å²) >= 11 is 1.83. The van der Waals surface area contributed by atoms with Gasteiger partial charge in [-0.2, -0.15) is 0 Å². The van der Waals surface area contributed by atoms with Crippen LogP contribution in [0.4, 0.5) is 0 Å². The summed E-state index contributed by atoms with van der Waals surface area (Å²) in [5, 5.41) is 5.71. The average molecular weight is 211 g/mol. The van der Waals surface area contributed by atoms with Crippen LogP contribution in [-0.2, 0) is 11.3 Å². The minimum atomic E-state index is 0.560. The van der Waals surface area contributed by atoms with E-state index in [0.29, 0.717) is 6.04 Å². The highest BCUT2D eigenvalue weighted by Crippen LogP contribution is 2.16. The predicted molar refractivity (Wildman–Crippen MR) is 59.7 cm³/mol. The molecule has 0 saturated carbocycles. The molecule has 1 saturated heterocycles. The van der Waals surface area contributed by atoms with Gasteiger partial charge in [-0.05, 0) is 36.8 Å². The standard InChI is InChI=1S/C11H17NOS/c1-9-4-6-14-11(9)7-12-10-3-2-5-13-8-10/h4,6,10,12H,2-3,5,7-8H2,1H3. The minimum absolute atomic E-state index is 0.560. The number of nitrogens with one attached hydrogen (secondary N) is 1. The fourth-order valence-electron chi connectivity index (χ4n) is 1.72. The van der Waals surface area contributed by atoms with E-state index in [2.05, 4.69) is 23.7 Å². The quantitative estimate of drug-likeness (QED) is 0.828. The van der Waals surface area contributed by atoms with Gasteiger partial charge in [0.2, 0.25) is 0 Å². The average Bonchev–Trinajstić information content (AvgIpc) is 2.63. The minimum Gasteiger partial charge on any atom is -0.380 e. The Labute approximate surface area is 89.3 Å². The van der Waals surface area contributed by atoms with Gasteiger partial charge in [0, 0.05) is 24.1 Å². The van der Waals surface area contributed by atoms with Crippen LogP contribution in [0, 0.1) is 6.92 Å². The van der Waals surface area contributed by atoms with E-state index in [1.165, 1.54) is 23.3 Å². The third-order valence-electron chi connectivity index (χ3n) is 2.68. The summed E-state index contributed by atoms with van der Waals surface area (Å²) in [6.45, 7) is 4.99. The first-order valence-corrected chi connectivity index (χ1v) is 6.08. The molecule has 0 spiro atoms. The maximum atomic E-state index is 5.42. The van der Waals surface area contributed by atoms with Crippen molar-refractivity contribution in [3.63, 3.8) is 0 Å². The summed E-state index contributed by atoms with van der Waals surface area (Å²) in [6.07, 6.45) is 2.45. The van der Waals surface area contributed by atoms with Crippen molar-refractivity contribution in [3.8, 4) is 0 Å². The van der Waals surface area contributed by atoms with E-state index < -0.39 is 0 Å². The van der Waals surface area contributed by atoms with Crippen molar-refractivity contribution in [3.05, 3.63) is 21.9 Å². The van der Waals surface area contributed by atoms with E-state index in [4.69, 9.17) is 4.74 Å². The number of aryl methyl sites for hydroxylation is 1. The van der Waals surface area contributed by atoms with Gasteiger partial charge in [-0.25, -0.2) is 0 Å². The summed E-state index contributed by atoms with van der Waals surface area (Å²) < 4.78 is 5.42. The molecular weight excluding hydrogens is 194 g/mol. The van der Waals surface area contributed by atoms with Gasteiger partial charge in [0.25, 0.3) is 0 Å². The molecule has 1 N–H and O–H groups in total. The monoisotopic (exact) mass is 211 g/mol. The number of rotatable bonds is 3. The van der Waals surface area contributed by atoms with E-state index in [9.17, 15) is 0 Å². The molecule has 2 nitrogen and oxygen atoms in total. The molecular formula is C11H17NOS. The molecule has 0 amide bonds. The highest BCUT2D eigenvalue weighted by molar-refractivity contribution is 7.10. The Morgan fingerprint density at radius 1 is 1.64 bits per heavy atom. The molecule has 1 aliphatic heterocycles. The molecule has 0 aliphatic carbocycles. The lowest BCUT2D eigenvalue weighted by molar-refractivity contribution is 0.0700. The summed E-state index contributed by atoms with van der Waals surface area (Å²) in [5.41, 5.74) is 1.40. The molecule has 78 valence electrons. The Kier molecular flexibility index (Phi) is 3.56. The van der Waals surface area contributed by atoms with Crippen molar-refractivity contribution in [2.45, 2.75) is 32.4 Å². The molecule has 0 aromatic carbocycles. The largest absolute Gasteiger partial charge is 0.380 e. The van der Waals surface area contributed by atoms with Crippen molar-refractivity contribution in [2.24, 2.45) is 0 Å². The summed E-state index contributed by atoms with van der Waals surface area (Å²) in [7, 11) is 0. The maximum Gasteiger partial charge on any atom is 0.0619 e. The van der Waals surface area contributed by atoms with E-state index >= 15 is 0 Å². The van der Waals surface area contributed by atoms with Crippen LogP contribution in [0.3, 0.4) is 0 Å². The van der Waals surface area contributed by atoms with Crippen molar-refractivity contribution >= 4 is 11.3 Å². The number of thiophene rings is 1. The van der Waals surface area contributed by atoms with Gasteiger partial charge in [-0.1, -0.05) is 0 Å². The smallest absolute Gasteiger partial charge is 0.0619 e. The summed E-state index contributed by atoms with van der Waals surface area (Å²) in [6, 6.07) is 2.74. The first kappa shape index (κ1) is 10.1. The molecule has 0 radical (unpaired) electrons. The molecule has 1 aromatic heterocycles. The molecule has 1 unspecified atom stereocenters. The van der Waals surface area contributed by atoms with E-state index in [-0.39, 0.29) is 0 Å². The Bertz CT molecular complexity index is 279. The molecule has 1 aliphatic rings. The topological polar surface area (TPSA) is 21.3 Å². The molecule has 3 heteroatoms. The zero-order chi connectivity index (χ0) is 9.80. The van der Waals surface area contributed by atoms with Gasteiger partial charge in [0.1, 0.15) is 0 Å². The van der Waals surface area contributed by atoms with Gasteiger partial charge >= 0.3 is 0 Å². The molecule has 0 bridgehead atoms. The van der Waals surface area contributed by atoms with Crippen LogP contribution in [-0.4, -0.2) is 19.3 Å². The van der Waals surface area contributed by atoms with Crippen LogP contribution in [0.15, 0.2) is 11.4 Å². The zero-order valence-electron chi connectivity index (χ0n) is 8.58. The second-order valence-electron chi connectivity index (χ2n) is 3.82. The predicted octanol–water partition coefficient (Wildman–Crippen LogP) is 2.33. The second-order valence-corrected chi connectivity index (χ2v) is 4.82. The Hall–Kier alpha value is -0.380. The van der Waals surface area contributed by atoms with Gasteiger partial charge < -0.3 is 10.1 Å². The van der Waals surface area contributed by atoms with Crippen LogP contribution in [0.2, 0.25) is 0 Å². The maximum absolute atomic E-state index is 5.42. The Morgan fingerprint density at radius 3 is 3.21 bits per heavy atom. The molecule has 14 heavy (non-hydrogen) atoms. The number of ether oxygens (including phenoxy) is 1. The Balaban J connectivity index is 1.79. The first-order valence-electron chi connectivity index (χ1n) is 5.20. The van der Waals surface area contributed by atoms with Crippen LogP contribution in [0.25, 0.3) is 0 Å². The lowest BCUT2D eigenvalue weighted by atomic mass is 10.1. The number of hydrogen-bond donors (Lipinski definition) is 1. The SMILES string of the molecule is Cc1ccsc1CNC1CCCOC1. The fraction of sp³-hybridized carbons (Fsp3) is 0.636. The molecule has 2 rings (SSSR count). The second kappa shape index (κ2) is 4.91. The van der Waals surface area contributed by atoms with Crippen molar-refractivity contribution in [2.75, 3.05) is 13.2 Å². The lowest BCUT2D eigenvalue weighted by Gasteiger charge is -2.23. The molecule has 1 atom stereocenters. The zero-order valence-corrected chi connectivity index (χ0v) is 9.40. The van der Waals surface area contributed by atoms with Crippen LogP contribution in [0.1, 0.15) is 23.3 Å². The lowest BCUT2D eigenvalue weighted by Crippen LogP contribution is -2.36. The fourth-order valence-corrected chi connectivity index (χ4v) is 2.58. The third kappa shape index (κ3) is 2.56. The van der Waals surface area contributed by atoms with Crippen LogP contribution < -0.4 is 5.32 Å². The van der Waals surface area contributed by atoms with Gasteiger partial charge in [0.05, 0.1) is 6.61 Å². The van der Waals surface area contributed by atoms with Crippen LogP contribution >= 0.6 is 11.3 Å². The Morgan fingerprint density at radius 2 is 2.57 bits per heavy atom. The van der Waals surface area contributed by atoms with Crippen molar-refractivity contribution in [1.82, 2.24) is 5.32 Å². The molecule has 2 heterocycles. The van der Waals surface area contributed by atoms with E-state index in [1.807, 2.05) is 11.3 Å². The van der Waals surface area contributed by atoms with Crippen molar-refractivity contribution in [1.29, 1.82) is 0 Å². The van der Waals surface area contributed by atoms with E-state index in [1.54, 1.807) is 0 Å². The van der Waals surface area contributed by atoms with Crippen molar-refractivity contribution < 1.29 is 4.74 Å². The normalized spacial score (nSPS) is 22.5. The summed E-state index contributed by atoms with van der Waals surface area (Å²) in [4.78, 5) is 1.45. The first-order chi connectivity index (χ1) is 6.86. The van der Waals surface area contributed by atoms with Gasteiger partial charge in [-0.15, -0.1) is 11.3 Å². The number of hydrogen-bond acceptors (Lipinski definition) is 3. The third-order valence-corrected chi connectivity index (χ3v) is 3.70. The highest BCUT2D eigenvalue weighted by Gasteiger charge is 2.13. The van der Waals surface area contributed by atoms with Gasteiger partial charge in [0.15, 0.2) is 0 Å². The molecule has 1 fully saturated rings. The highest BCUT2D eigenvalue weighted by atomic mass is 32.1. The van der Waals surface area contributed by atoms with E-state index in [0.717, 1.165) is 19.8 Å². The van der Waals surface area contributed by atoms with Gasteiger partial charge in [-0.3, -0.25) is 0 Å². The van der Waals surface area contributed by atoms with Crippen LogP contribution in [0.5, 0.6) is 0 Å². The summed E-state index contributed by atoms with van der Waals surface area (Å²) in [5.74, 6) is 0. The molecule has 1 aromatic rings.